The molecule has 2 heterocycles. The molecular weight excluding hydrogens is 506 g/mol. The molecule has 0 saturated heterocycles. The first-order chi connectivity index (χ1) is 18.4. The summed E-state index contributed by atoms with van der Waals surface area (Å²) in [5.41, 5.74) is 2.34. The Kier molecular flexibility index (Phi) is 8.57. The average molecular weight is 536 g/mol. The van der Waals surface area contributed by atoms with E-state index in [4.69, 9.17) is 14.6 Å². The number of anilines is 2. The topological polar surface area (TPSA) is 182 Å². The summed E-state index contributed by atoms with van der Waals surface area (Å²) < 4.78 is 10.3. The number of quaternary nitrogens is 1. The highest BCUT2D eigenvalue weighted by Crippen LogP contribution is 2.34. The van der Waals surface area contributed by atoms with Gasteiger partial charge in [-0.15, -0.1) is 0 Å². The average Bonchev–Trinajstić information content (AvgIpc) is 2.91. The number of fused-ring (bicyclic) bond motifs is 2. The lowest BCUT2D eigenvalue weighted by atomic mass is 10.0. The van der Waals surface area contributed by atoms with Crippen LogP contribution in [0.2, 0.25) is 0 Å². The molecule has 0 bridgehead atoms. The van der Waals surface area contributed by atoms with Crippen LogP contribution in [-0.4, -0.2) is 40.1 Å². The number of rotatable bonds is 3. The number of benzene rings is 3. The normalized spacial score (nSPS) is 21.2. The van der Waals surface area contributed by atoms with Crippen LogP contribution in [-0.2, 0) is 19.2 Å². The minimum absolute atomic E-state index is 0.323. The van der Waals surface area contributed by atoms with Gasteiger partial charge in [-0.05, 0) is 45.0 Å². The highest BCUT2D eigenvalue weighted by atomic mass is 16.5. The summed E-state index contributed by atoms with van der Waals surface area (Å²) in [6.45, 7) is 4.48. The number of hydrogen-bond donors (Lipinski definition) is 4. The van der Waals surface area contributed by atoms with Crippen molar-refractivity contribution < 1.29 is 44.6 Å². The maximum absolute atomic E-state index is 11.5. The Morgan fingerprint density at radius 3 is 1.62 bits per heavy atom. The van der Waals surface area contributed by atoms with Gasteiger partial charge in [0.15, 0.2) is 0 Å². The molecule has 0 radical (unpaired) electrons. The van der Waals surface area contributed by atoms with E-state index >= 15 is 0 Å². The molecule has 2 aliphatic heterocycles. The molecule has 3 aromatic rings. The first-order valence-electron chi connectivity index (χ1n) is 11.9. The van der Waals surface area contributed by atoms with Crippen molar-refractivity contribution in [2.45, 2.75) is 38.0 Å². The first-order valence-corrected chi connectivity index (χ1v) is 11.9. The number of carbonyl (C=O) groups is 4. The van der Waals surface area contributed by atoms with Gasteiger partial charge >= 0.3 is 5.97 Å². The lowest BCUT2D eigenvalue weighted by Gasteiger charge is -2.34. The van der Waals surface area contributed by atoms with Crippen LogP contribution in [0.25, 0.3) is 0 Å². The number of carbonyl (C=O) groups excluding carboxylic acids is 3. The van der Waals surface area contributed by atoms with E-state index in [0.717, 1.165) is 6.92 Å². The zero-order valence-corrected chi connectivity index (χ0v) is 21.6. The standard InChI is InChI=1S/2C10H9NO4.C8H11N/c2*1-10(9(13)14)8(12)11-6-4-2-3-5-7(6)15-10;1-7(9)8-5-3-2-4-6-8/h2*2-5H,1H3,(H,11,12)(H,13,14);2-7H,9H2,1H3. The van der Waals surface area contributed by atoms with Gasteiger partial charge in [0, 0.05) is 5.56 Å². The van der Waals surface area contributed by atoms with Gasteiger partial charge in [0.2, 0.25) is 5.60 Å². The van der Waals surface area contributed by atoms with E-state index in [1.54, 1.807) is 48.5 Å². The molecular formula is C28H29N3O8. The van der Waals surface area contributed by atoms with E-state index in [1.165, 1.54) is 12.5 Å². The number of para-hydroxylation sites is 4. The van der Waals surface area contributed by atoms with Gasteiger partial charge < -0.3 is 40.8 Å². The van der Waals surface area contributed by atoms with Crippen molar-refractivity contribution in [3.8, 4) is 11.5 Å². The third kappa shape index (κ3) is 6.33. The SMILES string of the molecule is CC([NH3+])c1ccccc1.CC1(C(=O)O)Oc2ccccc2NC1=O.CC1(C(=O)[O-])Oc2ccccc2NC1=O. The molecule has 3 atom stereocenters. The van der Waals surface area contributed by atoms with Crippen molar-refractivity contribution in [1.82, 2.24) is 0 Å². The van der Waals surface area contributed by atoms with Crippen LogP contribution in [0.15, 0.2) is 78.9 Å². The van der Waals surface area contributed by atoms with E-state index in [-0.39, 0.29) is 0 Å². The second-order valence-electron chi connectivity index (χ2n) is 9.08. The molecule has 0 spiro atoms. The number of ether oxygens (including phenoxy) is 2. The maximum Gasteiger partial charge on any atom is 0.357 e. The molecule has 39 heavy (non-hydrogen) atoms. The van der Waals surface area contributed by atoms with E-state index in [9.17, 15) is 24.3 Å². The number of aliphatic carboxylic acids is 2. The largest absolute Gasteiger partial charge is 0.545 e. The molecule has 11 heteroatoms. The molecule has 2 aliphatic rings. The van der Waals surface area contributed by atoms with Crippen molar-refractivity contribution in [2.75, 3.05) is 10.6 Å². The minimum Gasteiger partial charge on any atom is -0.545 e. The van der Waals surface area contributed by atoms with Crippen LogP contribution in [0.3, 0.4) is 0 Å². The fourth-order valence-electron chi connectivity index (χ4n) is 3.39. The van der Waals surface area contributed by atoms with Gasteiger partial charge in [0.05, 0.1) is 17.3 Å². The Morgan fingerprint density at radius 2 is 1.21 bits per heavy atom. The van der Waals surface area contributed by atoms with Gasteiger partial charge in [-0.1, -0.05) is 54.6 Å². The van der Waals surface area contributed by atoms with Gasteiger partial charge in [-0.25, -0.2) is 4.79 Å². The summed E-state index contributed by atoms with van der Waals surface area (Å²) in [6, 6.07) is 24.0. The summed E-state index contributed by atoms with van der Waals surface area (Å²) in [5, 5.41) is 24.6. The Hall–Kier alpha value is -4.90. The zero-order chi connectivity index (χ0) is 28.8. The molecule has 3 aromatic carbocycles. The predicted octanol–water partition coefficient (Wildman–Crippen LogP) is 1.38. The van der Waals surface area contributed by atoms with E-state index in [0.29, 0.717) is 28.9 Å². The van der Waals surface area contributed by atoms with Gasteiger partial charge in [0.1, 0.15) is 17.5 Å². The molecule has 6 N–H and O–H groups in total. The molecule has 3 unspecified atom stereocenters. The third-order valence-electron chi connectivity index (χ3n) is 5.93. The Labute approximate surface area is 224 Å². The summed E-state index contributed by atoms with van der Waals surface area (Å²) >= 11 is 0. The fourth-order valence-corrected chi connectivity index (χ4v) is 3.39. The Balaban J connectivity index is 0.000000167. The number of carboxylic acid groups (broad SMARTS) is 2. The number of carboxylic acids is 2. The second kappa shape index (κ2) is 11.7. The van der Waals surface area contributed by atoms with Crippen LogP contribution in [0, 0.1) is 0 Å². The van der Waals surface area contributed by atoms with Crippen molar-refractivity contribution >= 4 is 35.1 Å². The maximum atomic E-state index is 11.5. The summed E-state index contributed by atoms with van der Waals surface area (Å²) in [7, 11) is 0. The zero-order valence-electron chi connectivity index (χ0n) is 21.6. The van der Waals surface area contributed by atoms with E-state index in [1.807, 2.05) is 18.2 Å². The highest BCUT2D eigenvalue weighted by molar-refractivity contribution is 6.13. The molecule has 2 amide bonds. The summed E-state index contributed by atoms with van der Waals surface area (Å²) in [4.78, 5) is 44.7. The molecule has 5 rings (SSSR count). The van der Waals surface area contributed by atoms with Crippen LogP contribution >= 0.6 is 0 Å². The Bertz CT molecular complexity index is 1290. The molecule has 0 fully saturated rings. The second-order valence-corrected chi connectivity index (χ2v) is 9.08. The van der Waals surface area contributed by atoms with Gasteiger partial charge in [0.25, 0.3) is 17.4 Å². The summed E-state index contributed by atoms with van der Waals surface area (Å²) in [6.07, 6.45) is 0. The van der Waals surface area contributed by atoms with Crippen LogP contribution in [0.5, 0.6) is 11.5 Å². The lowest BCUT2D eigenvalue weighted by Crippen LogP contribution is -2.59. The molecule has 0 aromatic heterocycles. The fraction of sp³-hybridized carbons (Fsp3) is 0.214. The molecule has 0 saturated carbocycles. The van der Waals surface area contributed by atoms with Crippen molar-refractivity contribution in [2.24, 2.45) is 0 Å². The van der Waals surface area contributed by atoms with Crippen molar-refractivity contribution in [3.63, 3.8) is 0 Å². The van der Waals surface area contributed by atoms with Crippen molar-refractivity contribution in [1.29, 1.82) is 0 Å². The molecule has 204 valence electrons. The smallest absolute Gasteiger partial charge is 0.357 e. The van der Waals surface area contributed by atoms with Crippen LogP contribution < -0.4 is 30.9 Å². The monoisotopic (exact) mass is 535 g/mol. The van der Waals surface area contributed by atoms with Crippen LogP contribution in [0.4, 0.5) is 11.4 Å². The third-order valence-corrected chi connectivity index (χ3v) is 5.93. The van der Waals surface area contributed by atoms with Crippen LogP contribution in [0.1, 0.15) is 32.4 Å². The number of hydrogen-bond acceptors (Lipinski definition) is 7. The first kappa shape index (κ1) is 28.7. The predicted molar refractivity (Wildman–Crippen MR) is 139 cm³/mol. The summed E-state index contributed by atoms with van der Waals surface area (Å²) in [5.74, 6) is -3.59. The lowest BCUT2D eigenvalue weighted by molar-refractivity contribution is -0.420. The molecule has 11 nitrogen and oxygen atoms in total. The van der Waals surface area contributed by atoms with E-state index in [2.05, 4.69) is 35.4 Å². The molecule has 0 aliphatic carbocycles. The Morgan fingerprint density at radius 1 is 0.795 bits per heavy atom. The number of amides is 2. The minimum atomic E-state index is -1.96. The quantitative estimate of drug-likeness (QED) is 0.363. The van der Waals surface area contributed by atoms with Gasteiger partial charge in [-0.2, -0.15) is 0 Å². The van der Waals surface area contributed by atoms with Gasteiger partial charge in [-0.3, -0.25) is 9.59 Å². The van der Waals surface area contributed by atoms with Crippen molar-refractivity contribution in [3.05, 3.63) is 84.4 Å². The highest BCUT2D eigenvalue weighted by Gasteiger charge is 2.47. The van der Waals surface area contributed by atoms with E-state index < -0.39 is 35.0 Å². The number of nitrogens with one attached hydrogen (secondary N) is 2.